The molecule has 0 aromatic heterocycles. The summed E-state index contributed by atoms with van der Waals surface area (Å²) in [6.07, 6.45) is -0.161. The van der Waals surface area contributed by atoms with Gasteiger partial charge in [0, 0.05) is 11.0 Å². The van der Waals surface area contributed by atoms with Crippen LogP contribution in [-0.2, 0) is 10.2 Å². The lowest BCUT2D eigenvalue weighted by Gasteiger charge is -2.27. The molecule has 0 aliphatic rings. The monoisotopic (exact) mass is 274 g/mol. The summed E-state index contributed by atoms with van der Waals surface area (Å²) in [7, 11) is 1.46. The van der Waals surface area contributed by atoms with Crippen molar-refractivity contribution in [1.29, 1.82) is 0 Å². The molecule has 18 heavy (non-hydrogen) atoms. The van der Waals surface area contributed by atoms with Gasteiger partial charge in [-0.05, 0) is 18.6 Å². The highest BCUT2D eigenvalue weighted by Gasteiger charge is 2.32. The Bertz CT molecular complexity index is 484. The quantitative estimate of drug-likeness (QED) is 0.913. The lowest BCUT2D eigenvalue weighted by Crippen LogP contribution is -2.23. The third kappa shape index (κ3) is 2.75. The summed E-state index contributed by atoms with van der Waals surface area (Å²) in [6.45, 7) is 5.09. The van der Waals surface area contributed by atoms with E-state index in [-0.39, 0.29) is 11.4 Å². The zero-order valence-electron chi connectivity index (χ0n) is 10.8. The van der Waals surface area contributed by atoms with E-state index in [1.54, 1.807) is 20.8 Å². The Hall–Kier alpha value is -1.29. The SMILES string of the molecule is COc1c(C)cc(F)c(Cl)c1C(C)(C)CC(=O)O. The molecule has 1 N–H and O–H groups in total. The Morgan fingerprint density at radius 2 is 2.11 bits per heavy atom. The molecule has 0 bridgehead atoms. The molecule has 1 aromatic rings. The molecule has 1 rings (SSSR count). The van der Waals surface area contributed by atoms with Gasteiger partial charge in [-0.1, -0.05) is 25.4 Å². The molecule has 5 heteroatoms. The summed E-state index contributed by atoms with van der Waals surface area (Å²) < 4.78 is 18.9. The summed E-state index contributed by atoms with van der Waals surface area (Å²) in [5.41, 5.74) is 0.167. The van der Waals surface area contributed by atoms with Gasteiger partial charge < -0.3 is 9.84 Å². The second-order valence-electron chi connectivity index (χ2n) is 4.85. The van der Waals surface area contributed by atoms with Gasteiger partial charge in [-0.25, -0.2) is 4.39 Å². The number of carboxylic acids is 1. The van der Waals surface area contributed by atoms with Crippen molar-refractivity contribution in [2.24, 2.45) is 0 Å². The molecule has 0 spiro atoms. The number of rotatable bonds is 4. The molecule has 0 amide bonds. The van der Waals surface area contributed by atoms with Crippen LogP contribution in [0.4, 0.5) is 4.39 Å². The molecular formula is C13H16ClFO3. The van der Waals surface area contributed by atoms with Gasteiger partial charge in [0.1, 0.15) is 11.6 Å². The number of carboxylic acid groups (broad SMARTS) is 1. The standard InChI is InChI=1S/C13H16ClFO3/c1-7-5-8(15)11(14)10(12(7)18-4)13(2,3)6-9(16)17/h5H,6H2,1-4H3,(H,16,17). The first-order valence-electron chi connectivity index (χ1n) is 5.45. The van der Waals surface area contributed by atoms with Crippen LogP contribution in [0.2, 0.25) is 5.02 Å². The zero-order chi connectivity index (χ0) is 14.1. The number of hydrogen-bond donors (Lipinski definition) is 1. The van der Waals surface area contributed by atoms with Crippen molar-refractivity contribution in [3.05, 3.63) is 28.0 Å². The van der Waals surface area contributed by atoms with Crippen LogP contribution in [-0.4, -0.2) is 18.2 Å². The number of halogens is 2. The van der Waals surface area contributed by atoms with E-state index in [9.17, 15) is 9.18 Å². The lowest BCUT2D eigenvalue weighted by atomic mass is 9.80. The fraction of sp³-hybridized carbons (Fsp3) is 0.462. The molecule has 100 valence electrons. The maximum absolute atomic E-state index is 13.7. The molecule has 0 saturated heterocycles. The number of benzene rings is 1. The summed E-state index contributed by atoms with van der Waals surface area (Å²) in [5.74, 6) is -1.10. The minimum absolute atomic E-state index is 0.0799. The normalized spacial score (nSPS) is 11.4. The molecule has 0 aliphatic carbocycles. The smallest absolute Gasteiger partial charge is 0.304 e. The van der Waals surface area contributed by atoms with E-state index in [1.165, 1.54) is 13.2 Å². The van der Waals surface area contributed by atoms with Crippen LogP contribution in [0.15, 0.2) is 6.07 Å². The fourth-order valence-electron chi connectivity index (χ4n) is 2.07. The Kier molecular flexibility index (Phi) is 4.22. The summed E-state index contributed by atoms with van der Waals surface area (Å²) in [4.78, 5) is 10.9. The van der Waals surface area contributed by atoms with Crippen molar-refractivity contribution in [3.8, 4) is 5.75 Å². The van der Waals surface area contributed by atoms with E-state index in [2.05, 4.69) is 0 Å². The van der Waals surface area contributed by atoms with Gasteiger partial charge in [0.15, 0.2) is 0 Å². The molecule has 0 atom stereocenters. The van der Waals surface area contributed by atoms with Gasteiger partial charge in [0.25, 0.3) is 0 Å². The van der Waals surface area contributed by atoms with E-state index >= 15 is 0 Å². The first-order valence-corrected chi connectivity index (χ1v) is 5.83. The van der Waals surface area contributed by atoms with E-state index in [1.807, 2.05) is 0 Å². The van der Waals surface area contributed by atoms with Crippen LogP contribution >= 0.6 is 11.6 Å². The highest BCUT2D eigenvalue weighted by Crippen LogP contribution is 2.42. The molecule has 0 unspecified atom stereocenters. The summed E-state index contributed by atoms with van der Waals surface area (Å²) in [6, 6.07) is 1.28. The predicted octanol–water partition coefficient (Wildman–Crippen LogP) is 3.55. The minimum Gasteiger partial charge on any atom is -0.496 e. The molecular weight excluding hydrogens is 259 g/mol. The zero-order valence-corrected chi connectivity index (χ0v) is 11.6. The molecule has 0 fully saturated rings. The van der Waals surface area contributed by atoms with Crippen molar-refractivity contribution >= 4 is 17.6 Å². The Morgan fingerprint density at radius 3 is 2.56 bits per heavy atom. The molecule has 0 radical (unpaired) electrons. The van der Waals surface area contributed by atoms with Gasteiger partial charge >= 0.3 is 5.97 Å². The van der Waals surface area contributed by atoms with Crippen molar-refractivity contribution in [1.82, 2.24) is 0 Å². The average molecular weight is 275 g/mol. The van der Waals surface area contributed by atoms with Gasteiger partial charge in [-0.2, -0.15) is 0 Å². The number of hydrogen-bond acceptors (Lipinski definition) is 2. The second-order valence-corrected chi connectivity index (χ2v) is 5.23. The topological polar surface area (TPSA) is 46.5 Å². The first-order chi connectivity index (χ1) is 8.20. The Labute approximate surface area is 111 Å². The van der Waals surface area contributed by atoms with Crippen molar-refractivity contribution in [3.63, 3.8) is 0 Å². The van der Waals surface area contributed by atoms with Crippen LogP contribution in [0.5, 0.6) is 5.75 Å². The molecule has 0 saturated carbocycles. The maximum atomic E-state index is 13.7. The summed E-state index contributed by atoms with van der Waals surface area (Å²) in [5, 5.41) is 8.85. The van der Waals surface area contributed by atoms with Crippen LogP contribution in [0, 0.1) is 12.7 Å². The average Bonchev–Trinajstić information content (AvgIpc) is 2.20. The van der Waals surface area contributed by atoms with Crippen LogP contribution in [0.3, 0.4) is 0 Å². The number of carbonyl (C=O) groups is 1. The fourth-order valence-corrected chi connectivity index (χ4v) is 2.47. The molecule has 3 nitrogen and oxygen atoms in total. The molecule has 0 heterocycles. The number of ether oxygens (including phenoxy) is 1. The molecule has 0 aliphatic heterocycles. The lowest BCUT2D eigenvalue weighted by molar-refractivity contribution is -0.138. The Balaban J connectivity index is 3.51. The van der Waals surface area contributed by atoms with Gasteiger partial charge in [-0.3, -0.25) is 4.79 Å². The van der Waals surface area contributed by atoms with Gasteiger partial charge in [-0.15, -0.1) is 0 Å². The third-order valence-electron chi connectivity index (χ3n) is 2.83. The summed E-state index contributed by atoms with van der Waals surface area (Å²) >= 11 is 5.97. The number of aryl methyl sites for hydroxylation is 1. The van der Waals surface area contributed by atoms with Crippen LogP contribution in [0.25, 0.3) is 0 Å². The first kappa shape index (κ1) is 14.8. The highest BCUT2D eigenvalue weighted by molar-refractivity contribution is 6.32. The van der Waals surface area contributed by atoms with Crippen molar-refractivity contribution in [2.45, 2.75) is 32.6 Å². The maximum Gasteiger partial charge on any atom is 0.304 e. The van der Waals surface area contributed by atoms with Crippen molar-refractivity contribution in [2.75, 3.05) is 7.11 Å². The van der Waals surface area contributed by atoms with E-state index in [0.717, 1.165) is 0 Å². The largest absolute Gasteiger partial charge is 0.496 e. The Morgan fingerprint density at radius 1 is 1.56 bits per heavy atom. The van der Waals surface area contributed by atoms with E-state index < -0.39 is 17.2 Å². The van der Waals surface area contributed by atoms with E-state index in [4.69, 9.17) is 21.4 Å². The third-order valence-corrected chi connectivity index (χ3v) is 3.20. The van der Waals surface area contributed by atoms with E-state index in [0.29, 0.717) is 16.9 Å². The van der Waals surface area contributed by atoms with Crippen LogP contribution in [0.1, 0.15) is 31.4 Å². The minimum atomic E-state index is -0.972. The number of methoxy groups -OCH3 is 1. The van der Waals surface area contributed by atoms with Gasteiger partial charge in [0.2, 0.25) is 0 Å². The second kappa shape index (κ2) is 5.14. The van der Waals surface area contributed by atoms with Crippen LogP contribution < -0.4 is 4.74 Å². The van der Waals surface area contributed by atoms with Gasteiger partial charge in [0.05, 0.1) is 18.6 Å². The number of aliphatic carboxylic acids is 1. The highest BCUT2D eigenvalue weighted by atomic mass is 35.5. The van der Waals surface area contributed by atoms with Crippen molar-refractivity contribution < 1.29 is 19.0 Å². The molecule has 1 aromatic carbocycles. The predicted molar refractivity (Wildman–Crippen MR) is 68.0 cm³/mol.